The molecule has 0 bridgehead atoms. The molecule has 9 nitrogen and oxygen atoms in total. The molecule has 33 heavy (non-hydrogen) atoms. The normalized spacial score (nSPS) is 18.6. The first-order valence-electron chi connectivity index (χ1n) is 11.1. The number of amides is 1. The predicted octanol–water partition coefficient (Wildman–Crippen LogP) is 2.89. The topological polar surface area (TPSA) is 131 Å². The van der Waals surface area contributed by atoms with Crippen molar-refractivity contribution in [3.8, 4) is 6.07 Å². The molecule has 0 aromatic carbocycles. The van der Waals surface area contributed by atoms with E-state index in [1.165, 1.54) is 23.0 Å². The average molecular weight is 491 g/mol. The number of ether oxygens (including phenoxy) is 1. The SMILES string of the molecule is N#Cc1cnc(NC(=O)[C@@H](CC2CCOCC2)n2ccc(S(=O)(=O)C3CCCC3)cc2=O)s1. The second-order valence-corrected chi connectivity index (χ2v) is 11.8. The molecule has 1 aliphatic carbocycles. The second-order valence-electron chi connectivity index (χ2n) is 8.50. The van der Waals surface area contributed by atoms with Crippen molar-refractivity contribution in [1.29, 1.82) is 5.26 Å². The fourth-order valence-corrected chi connectivity index (χ4v) is 6.99. The number of nitrogens with zero attached hydrogens (tertiary/aromatic N) is 3. The van der Waals surface area contributed by atoms with E-state index in [1.807, 2.05) is 6.07 Å². The lowest BCUT2D eigenvalue weighted by molar-refractivity contribution is -0.120. The highest BCUT2D eigenvalue weighted by atomic mass is 32.2. The van der Waals surface area contributed by atoms with E-state index >= 15 is 0 Å². The summed E-state index contributed by atoms with van der Waals surface area (Å²) in [6.45, 7) is 1.20. The van der Waals surface area contributed by atoms with Crippen LogP contribution in [0.4, 0.5) is 5.13 Å². The fourth-order valence-electron chi connectivity index (χ4n) is 4.51. The van der Waals surface area contributed by atoms with Crippen molar-refractivity contribution in [3.63, 3.8) is 0 Å². The number of rotatable bonds is 7. The van der Waals surface area contributed by atoms with Gasteiger partial charge in [-0.2, -0.15) is 5.26 Å². The standard InChI is InChI=1S/C22H26N4O5S2/c23-13-16-14-24-22(32-16)25-21(28)19(11-15-6-9-31-10-7-15)26-8-5-18(12-20(26)27)33(29,30)17-3-1-2-4-17/h5,8,12,14-15,17,19H,1-4,6-7,9-11H2,(H,24,25,28)/t19-/m1/s1. The number of nitrogens with one attached hydrogen (secondary N) is 1. The van der Waals surface area contributed by atoms with Crippen LogP contribution in [0, 0.1) is 17.2 Å². The summed E-state index contributed by atoms with van der Waals surface area (Å²) in [4.78, 5) is 30.6. The van der Waals surface area contributed by atoms with Crippen molar-refractivity contribution in [2.45, 2.75) is 61.1 Å². The van der Waals surface area contributed by atoms with E-state index < -0.39 is 32.6 Å². The first-order valence-corrected chi connectivity index (χ1v) is 13.5. The Morgan fingerprint density at radius 1 is 1.30 bits per heavy atom. The minimum atomic E-state index is -3.57. The highest BCUT2D eigenvalue weighted by Crippen LogP contribution is 2.30. The molecule has 1 amide bonds. The van der Waals surface area contributed by atoms with Gasteiger partial charge in [0.05, 0.1) is 16.3 Å². The third kappa shape index (κ3) is 5.34. The van der Waals surface area contributed by atoms with Crippen LogP contribution in [-0.2, 0) is 19.4 Å². The summed E-state index contributed by atoms with van der Waals surface area (Å²) in [5, 5.41) is 11.5. The lowest BCUT2D eigenvalue weighted by atomic mass is 9.92. The fraction of sp³-hybridized carbons (Fsp3) is 0.545. The number of sulfone groups is 1. The van der Waals surface area contributed by atoms with Gasteiger partial charge in [-0.1, -0.05) is 24.2 Å². The molecule has 11 heteroatoms. The molecule has 2 aromatic rings. The lowest BCUT2D eigenvalue weighted by Gasteiger charge is -2.27. The van der Waals surface area contributed by atoms with Gasteiger partial charge in [0.2, 0.25) is 5.91 Å². The summed E-state index contributed by atoms with van der Waals surface area (Å²) in [5.41, 5.74) is -0.530. The van der Waals surface area contributed by atoms with Crippen LogP contribution in [0.1, 0.15) is 55.9 Å². The molecule has 0 spiro atoms. The molecular weight excluding hydrogens is 464 g/mol. The maximum absolute atomic E-state index is 13.2. The average Bonchev–Trinajstić information content (AvgIpc) is 3.51. The molecule has 3 heterocycles. The number of hydrogen-bond donors (Lipinski definition) is 1. The Morgan fingerprint density at radius 2 is 2.03 bits per heavy atom. The van der Waals surface area contributed by atoms with Gasteiger partial charge >= 0.3 is 0 Å². The van der Waals surface area contributed by atoms with Crippen LogP contribution in [0.25, 0.3) is 0 Å². The molecule has 1 saturated heterocycles. The Labute approximate surface area is 196 Å². The monoisotopic (exact) mass is 490 g/mol. The number of pyridine rings is 1. The Hall–Kier alpha value is -2.55. The van der Waals surface area contributed by atoms with Crippen molar-refractivity contribution in [2.75, 3.05) is 18.5 Å². The molecule has 176 valence electrons. The number of anilines is 1. The van der Waals surface area contributed by atoms with Crippen LogP contribution in [-0.4, -0.2) is 42.3 Å². The molecule has 1 atom stereocenters. The third-order valence-corrected chi connectivity index (χ3v) is 9.45. The van der Waals surface area contributed by atoms with Crippen molar-refractivity contribution in [3.05, 3.63) is 39.8 Å². The molecule has 4 rings (SSSR count). The number of thiazole rings is 1. The summed E-state index contributed by atoms with van der Waals surface area (Å²) in [7, 11) is -3.57. The Balaban J connectivity index is 1.62. The van der Waals surface area contributed by atoms with Crippen LogP contribution < -0.4 is 10.9 Å². The Kier molecular flexibility index (Phi) is 7.26. The minimum absolute atomic E-state index is 0.0134. The van der Waals surface area contributed by atoms with Gasteiger partial charge in [0, 0.05) is 25.5 Å². The van der Waals surface area contributed by atoms with Gasteiger partial charge in [-0.05, 0) is 44.1 Å². The smallest absolute Gasteiger partial charge is 0.252 e. The van der Waals surface area contributed by atoms with E-state index in [0.29, 0.717) is 37.4 Å². The largest absolute Gasteiger partial charge is 0.381 e. The van der Waals surface area contributed by atoms with Crippen LogP contribution in [0.2, 0.25) is 0 Å². The molecule has 0 unspecified atom stereocenters. The number of carbonyl (C=O) groups is 1. The lowest BCUT2D eigenvalue weighted by Crippen LogP contribution is -2.35. The van der Waals surface area contributed by atoms with E-state index in [4.69, 9.17) is 10.00 Å². The van der Waals surface area contributed by atoms with Gasteiger partial charge in [0.1, 0.15) is 17.0 Å². The van der Waals surface area contributed by atoms with E-state index in [-0.39, 0.29) is 15.9 Å². The van der Waals surface area contributed by atoms with Gasteiger partial charge in [0.25, 0.3) is 5.56 Å². The molecular formula is C22H26N4O5S2. The maximum atomic E-state index is 13.2. The van der Waals surface area contributed by atoms with Crippen molar-refractivity contribution in [2.24, 2.45) is 5.92 Å². The summed E-state index contributed by atoms with van der Waals surface area (Å²) in [6.07, 6.45) is 7.73. The second kappa shape index (κ2) is 10.2. The summed E-state index contributed by atoms with van der Waals surface area (Å²) >= 11 is 1.05. The summed E-state index contributed by atoms with van der Waals surface area (Å²) < 4.78 is 32.5. The zero-order valence-electron chi connectivity index (χ0n) is 18.1. The van der Waals surface area contributed by atoms with Gasteiger partial charge in [-0.25, -0.2) is 13.4 Å². The van der Waals surface area contributed by atoms with Crippen LogP contribution in [0.3, 0.4) is 0 Å². The first-order chi connectivity index (χ1) is 15.9. The molecule has 2 aliphatic rings. The Morgan fingerprint density at radius 3 is 2.67 bits per heavy atom. The number of hydrogen-bond acceptors (Lipinski definition) is 8. The number of nitriles is 1. The minimum Gasteiger partial charge on any atom is -0.381 e. The number of carbonyl (C=O) groups excluding carboxylic acids is 1. The van der Waals surface area contributed by atoms with Gasteiger partial charge in [-0.15, -0.1) is 0 Å². The molecule has 0 radical (unpaired) electrons. The van der Waals surface area contributed by atoms with Crippen molar-refractivity contribution >= 4 is 32.2 Å². The van der Waals surface area contributed by atoms with Crippen LogP contribution >= 0.6 is 11.3 Å². The van der Waals surface area contributed by atoms with Crippen molar-refractivity contribution < 1.29 is 17.9 Å². The maximum Gasteiger partial charge on any atom is 0.252 e. The zero-order chi connectivity index (χ0) is 23.4. The Bertz CT molecular complexity index is 1200. The summed E-state index contributed by atoms with van der Waals surface area (Å²) in [6, 6.07) is 3.70. The molecule has 2 aromatic heterocycles. The first kappa shape index (κ1) is 23.6. The molecule has 1 aliphatic heterocycles. The summed E-state index contributed by atoms with van der Waals surface area (Å²) in [5.74, 6) is -0.233. The van der Waals surface area contributed by atoms with Gasteiger partial charge in [0.15, 0.2) is 15.0 Å². The highest BCUT2D eigenvalue weighted by molar-refractivity contribution is 7.92. The number of aromatic nitrogens is 2. The van der Waals surface area contributed by atoms with E-state index in [0.717, 1.165) is 43.1 Å². The van der Waals surface area contributed by atoms with Gasteiger partial charge in [-0.3, -0.25) is 9.59 Å². The van der Waals surface area contributed by atoms with E-state index in [1.54, 1.807) is 0 Å². The molecule has 2 fully saturated rings. The quantitative estimate of drug-likeness (QED) is 0.631. The van der Waals surface area contributed by atoms with Gasteiger partial charge < -0.3 is 14.6 Å². The highest BCUT2D eigenvalue weighted by Gasteiger charge is 2.32. The third-order valence-electron chi connectivity index (χ3n) is 6.37. The van der Waals surface area contributed by atoms with Crippen LogP contribution in [0.5, 0.6) is 0 Å². The molecule has 1 saturated carbocycles. The van der Waals surface area contributed by atoms with E-state index in [9.17, 15) is 18.0 Å². The van der Waals surface area contributed by atoms with Crippen molar-refractivity contribution in [1.82, 2.24) is 9.55 Å². The van der Waals surface area contributed by atoms with Crippen LogP contribution in [0.15, 0.2) is 34.2 Å². The zero-order valence-corrected chi connectivity index (χ0v) is 19.7. The predicted molar refractivity (Wildman–Crippen MR) is 123 cm³/mol. The van der Waals surface area contributed by atoms with E-state index in [2.05, 4.69) is 10.3 Å². The molecule has 1 N–H and O–H groups in total.